The molecule has 146 valence electrons. The van der Waals surface area contributed by atoms with Crippen LogP contribution in [0.15, 0.2) is 12.3 Å². The molecular weight excluding hydrogens is 342 g/mol. The predicted molar refractivity (Wildman–Crippen MR) is 92.3 cm³/mol. The Bertz CT molecular complexity index is 587. The van der Waals surface area contributed by atoms with Crippen LogP contribution in [-0.2, 0) is 19.2 Å². The van der Waals surface area contributed by atoms with Crippen molar-refractivity contribution in [3.63, 3.8) is 0 Å². The largest absolute Gasteiger partial charge is 0.396 e. The number of carbonyl (C=O) groups excluding carboxylic acids is 4. The molecule has 1 heterocycles. The summed E-state index contributed by atoms with van der Waals surface area (Å²) in [6, 6.07) is 0. The minimum absolute atomic E-state index is 0.187. The molecule has 1 rings (SSSR count). The molecule has 0 aromatic heterocycles. The lowest BCUT2D eigenvalue weighted by atomic mass is 9.87. The molecule has 1 saturated heterocycles. The fourth-order valence-electron chi connectivity index (χ4n) is 2.31. The third-order valence-electron chi connectivity index (χ3n) is 4.18. The minimum Gasteiger partial charge on any atom is -0.396 e. The molecule has 9 heteroatoms. The molecular formula is C17H27N3O6. The van der Waals surface area contributed by atoms with Crippen LogP contribution in [-0.4, -0.2) is 64.5 Å². The Labute approximate surface area is 152 Å². The third kappa shape index (κ3) is 5.92. The van der Waals surface area contributed by atoms with Crippen molar-refractivity contribution < 1.29 is 29.4 Å². The lowest BCUT2D eigenvalue weighted by molar-refractivity contribution is -0.139. The Hall–Kier alpha value is -2.26. The predicted octanol–water partition coefficient (Wildman–Crippen LogP) is -1.10. The minimum atomic E-state index is -1.42. The molecule has 26 heavy (non-hydrogen) atoms. The number of amides is 4. The summed E-state index contributed by atoms with van der Waals surface area (Å²) in [7, 11) is 0. The van der Waals surface area contributed by atoms with E-state index < -0.39 is 23.3 Å². The summed E-state index contributed by atoms with van der Waals surface area (Å²) < 4.78 is 0. The van der Waals surface area contributed by atoms with E-state index >= 15 is 0 Å². The molecule has 0 aliphatic carbocycles. The van der Waals surface area contributed by atoms with Gasteiger partial charge in [-0.1, -0.05) is 20.8 Å². The van der Waals surface area contributed by atoms with Gasteiger partial charge in [-0.15, -0.1) is 0 Å². The highest BCUT2D eigenvalue weighted by Gasteiger charge is 2.35. The van der Waals surface area contributed by atoms with Crippen LogP contribution in [0, 0.1) is 11.3 Å². The molecule has 0 aromatic rings. The maximum Gasteiger partial charge on any atom is 0.253 e. The van der Waals surface area contributed by atoms with Gasteiger partial charge in [0.2, 0.25) is 17.7 Å². The Morgan fingerprint density at radius 3 is 2.58 bits per heavy atom. The van der Waals surface area contributed by atoms with Crippen molar-refractivity contribution in [3.05, 3.63) is 12.3 Å². The summed E-state index contributed by atoms with van der Waals surface area (Å²) in [4.78, 5) is 47.9. The first-order valence-electron chi connectivity index (χ1n) is 8.48. The van der Waals surface area contributed by atoms with E-state index in [9.17, 15) is 24.3 Å². The van der Waals surface area contributed by atoms with Gasteiger partial charge in [-0.05, 0) is 6.42 Å². The Kier molecular flexibility index (Phi) is 7.91. The zero-order valence-corrected chi connectivity index (χ0v) is 15.3. The quantitative estimate of drug-likeness (QED) is 0.231. The molecule has 4 amide bonds. The molecule has 1 fully saturated rings. The molecule has 0 radical (unpaired) electrons. The smallest absolute Gasteiger partial charge is 0.253 e. The SMILES string of the molecule is CC1CC(=O)N(CCCNC(=O)/C=C/NC(=O)[C@H](O)C(C)(C)CO)C1=O. The number of nitrogens with zero attached hydrogens (tertiary/aromatic N) is 1. The summed E-state index contributed by atoms with van der Waals surface area (Å²) >= 11 is 0. The molecule has 9 nitrogen and oxygen atoms in total. The average Bonchev–Trinajstić information content (AvgIpc) is 2.83. The van der Waals surface area contributed by atoms with E-state index in [4.69, 9.17) is 5.11 Å². The van der Waals surface area contributed by atoms with Crippen molar-refractivity contribution in [2.24, 2.45) is 11.3 Å². The normalized spacial score (nSPS) is 19.1. The number of aliphatic hydroxyl groups excluding tert-OH is 2. The zero-order chi connectivity index (χ0) is 19.9. The van der Waals surface area contributed by atoms with Gasteiger partial charge in [0.1, 0.15) is 6.10 Å². The molecule has 1 aliphatic heterocycles. The first-order valence-corrected chi connectivity index (χ1v) is 8.48. The lowest BCUT2D eigenvalue weighted by Gasteiger charge is -2.26. The number of hydrogen-bond acceptors (Lipinski definition) is 6. The van der Waals surface area contributed by atoms with E-state index in [0.717, 1.165) is 12.3 Å². The molecule has 1 unspecified atom stereocenters. The fourth-order valence-corrected chi connectivity index (χ4v) is 2.31. The second-order valence-corrected chi connectivity index (χ2v) is 7.02. The number of likely N-dealkylation sites (tertiary alicyclic amines) is 1. The molecule has 0 bridgehead atoms. The van der Waals surface area contributed by atoms with E-state index in [1.54, 1.807) is 6.92 Å². The van der Waals surface area contributed by atoms with Crippen molar-refractivity contribution in [2.75, 3.05) is 19.7 Å². The average molecular weight is 369 g/mol. The van der Waals surface area contributed by atoms with Crippen LogP contribution in [0.1, 0.15) is 33.6 Å². The van der Waals surface area contributed by atoms with Crippen LogP contribution in [0.25, 0.3) is 0 Å². The highest BCUT2D eigenvalue weighted by molar-refractivity contribution is 6.03. The fraction of sp³-hybridized carbons (Fsp3) is 0.647. The van der Waals surface area contributed by atoms with Crippen LogP contribution < -0.4 is 10.6 Å². The van der Waals surface area contributed by atoms with Crippen molar-refractivity contribution in [1.82, 2.24) is 15.5 Å². The van der Waals surface area contributed by atoms with Crippen LogP contribution >= 0.6 is 0 Å². The highest BCUT2D eigenvalue weighted by Crippen LogP contribution is 2.19. The van der Waals surface area contributed by atoms with Gasteiger partial charge in [-0.25, -0.2) is 0 Å². The summed E-state index contributed by atoms with van der Waals surface area (Å²) in [5.74, 6) is -1.86. The van der Waals surface area contributed by atoms with E-state index in [-0.39, 0.29) is 43.8 Å². The third-order valence-corrected chi connectivity index (χ3v) is 4.18. The summed E-state index contributed by atoms with van der Waals surface area (Å²) in [6.45, 7) is 4.93. The van der Waals surface area contributed by atoms with Crippen LogP contribution in [0.5, 0.6) is 0 Å². The van der Waals surface area contributed by atoms with Crippen molar-refractivity contribution in [2.45, 2.75) is 39.7 Å². The van der Waals surface area contributed by atoms with Gasteiger partial charge < -0.3 is 20.8 Å². The Morgan fingerprint density at radius 1 is 1.38 bits per heavy atom. The molecule has 1 aliphatic rings. The summed E-state index contributed by atoms with van der Waals surface area (Å²) in [6.07, 6.45) is 1.43. The molecule has 4 N–H and O–H groups in total. The van der Waals surface area contributed by atoms with Crippen LogP contribution in [0.2, 0.25) is 0 Å². The topological polar surface area (TPSA) is 136 Å². The van der Waals surface area contributed by atoms with E-state index in [2.05, 4.69) is 10.6 Å². The number of rotatable bonds is 9. The summed E-state index contributed by atoms with van der Waals surface area (Å²) in [5.41, 5.74) is -0.998. The second kappa shape index (κ2) is 9.44. The van der Waals surface area contributed by atoms with Gasteiger partial charge in [0.25, 0.3) is 5.91 Å². The molecule has 0 aromatic carbocycles. The summed E-state index contributed by atoms with van der Waals surface area (Å²) in [5, 5.41) is 23.7. The van der Waals surface area contributed by atoms with Crippen molar-refractivity contribution in [3.8, 4) is 0 Å². The first kappa shape index (κ1) is 21.8. The van der Waals surface area contributed by atoms with Gasteiger partial charge >= 0.3 is 0 Å². The number of carbonyl (C=O) groups is 4. The van der Waals surface area contributed by atoms with Gasteiger partial charge in [-0.3, -0.25) is 24.1 Å². The van der Waals surface area contributed by atoms with Crippen molar-refractivity contribution in [1.29, 1.82) is 0 Å². The van der Waals surface area contributed by atoms with Gasteiger partial charge in [0.15, 0.2) is 0 Å². The van der Waals surface area contributed by atoms with Gasteiger partial charge in [0.05, 0.1) is 6.61 Å². The van der Waals surface area contributed by atoms with Gasteiger partial charge in [0, 0.05) is 43.1 Å². The van der Waals surface area contributed by atoms with E-state index in [1.165, 1.54) is 18.7 Å². The molecule has 0 saturated carbocycles. The standard InChI is InChI=1S/C17H27N3O6/c1-11-9-13(23)20(16(11)26)8-4-6-18-12(22)5-7-19-15(25)14(24)17(2,3)10-21/h5,7,11,14,21,24H,4,6,8-10H2,1-3H3,(H,18,22)(H,19,25)/b7-5+/t11?,14-/m0/s1. The highest BCUT2D eigenvalue weighted by atomic mass is 16.3. The van der Waals surface area contributed by atoms with E-state index in [1.807, 2.05) is 0 Å². The second-order valence-electron chi connectivity index (χ2n) is 7.02. The maximum atomic E-state index is 11.7. The first-order chi connectivity index (χ1) is 12.1. The zero-order valence-electron chi connectivity index (χ0n) is 15.3. The number of nitrogens with one attached hydrogen (secondary N) is 2. The Morgan fingerprint density at radius 2 is 2.04 bits per heavy atom. The van der Waals surface area contributed by atoms with Gasteiger partial charge in [-0.2, -0.15) is 0 Å². The molecule has 2 atom stereocenters. The number of hydrogen-bond donors (Lipinski definition) is 4. The van der Waals surface area contributed by atoms with Crippen LogP contribution in [0.4, 0.5) is 0 Å². The monoisotopic (exact) mass is 369 g/mol. The van der Waals surface area contributed by atoms with Crippen LogP contribution in [0.3, 0.4) is 0 Å². The van der Waals surface area contributed by atoms with Crippen molar-refractivity contribution >= 4 is 23.6 Å². The Balaban J connectivity index is 2.28. The number of aliphatic hydroxyl groups is 2. The van der Waals surface area contributed by atoms with E-state index in [0.29, 0.717) is 6.42 Å². The maximum absolute atomic E-state index is 11.7. The lowest BCUT2D eigenvalue weighted by Crippen LogP contribution is -2.44. The number of imide groups is 1. The molecule has 0 spiro atoms.